The first kappa shape index (κ1) is 13.8. The van der Waals surface area contributed by atoms with Crippen molar-refractivity contribution in [3.05, 3.63) is 23.8 Å². The molecule has 1 unspecified atom stereocenters. The Morgan fingerprint density at radius 2 is 2.06 bits per heavy atom. The molecule has 3 nitrogen and oxygen atoms in total. The maximum atomic E-state index is 5.41. The van der Waals surface area contributed by atoms with Crippen LogP contribution in [0.5, 0.6) is 5.75 Å². The summed E-state index contributed by atoms with van der Waals surface area (Å²) in [5.41, 5.74) is 2.37. The predicted molar refractivity (Wildman–Crippen MR) is 73.9 cm³/mol. The van der Waals surface area contributed by atoms with Crippen LogP contribution in [-0.4, -0.2) is 27.2 Å². The molecule has 0 aliphatic carbocycles. The molecule has 0 bridgehead atoms. The highest BCUT2D eigenvalue weighted by atomic mass is 16.5. The highest BCUT2D eigenvalue weighted by Crippen LogP contribution is 2.27. The molecule has 1 N–H and O–H groups in total. The van der Waals surface area contributed by atoms with Crippen molar-refractivity contribution in [2.45, 2.75) is 32.9 Å². The van der Waals surface area contributed by atoms with Gasteiger partial charge in [0, 0.05) is 26.7 Å². The second-order valence-corrected chi connectivity index (χ2v) is 4.59. The Kier molecular flexibility index (Phi) is 5.29. The fraction of sp³-hybridized carbons (Fsp3) is 0.571. The van der Waals surface area contributed by atoms with Crippen molar-refractivity contribution >= 4 is 5.69 Å². The smallest absolute Gasteiger partial charge is 0.142 e. The summed E-state index contributed by atoms with van der Waals surface area (Å²) < 4.78 is 5.41. The lowest BCUT2D eigenvalue weighted by molar-refractivity contribution is 0.414. The van der Waals surface area contributed by atoms with Gasteiger partial charge in [-0.15, -0.1) is 0 Å². The minimum atomic E-state index is 0.550. The quantitative estimate of drug-likeness (QED) is 0.822. The Hall–Kier alpha value is -1.22. The normalized spacial score (nSPS) is 12.3. The second kappa shape index (κ2) is 6.50. The number of rotatable bonds is 6. The third-order valence-corrected chi connectivity index (χ3v) is 2.99. The Labute approximate surface area is 105 Å². The molecule has 0 radical (unpaired) electrons. The number of nitrogens with one attached hydrogen (secondary N) is 1. The molecule has 0 heterocycles. The van der Waals surface area contributed by atoms with E-state index in [1.807, 2.05) is 14.1 Å². The summed E-state index contributed by atoms with van der Waals surface area (Å²) in [5.74, 6) is 0.929. The molecule has 1 aromatic rings. The van der Waals surface area contributed by atoms with Crippen LogP contribution in [0.2, 0.25) is 0 Å². The van der Waals surface area contributed by atoms with E-state index in [9.17, 15) is 0 Å². The zero-order chi connectivity index (χ0) is 12.8. The fourth-order valence-corrected chi connectivity index (χ4v) is 1.64. The fourth-order valence-electron chi connectivity index (χ4n) is 1.64. The summed E-state index contributed by atoms with van der Waals surface area (Å²) in [5, 5.41) is 3.48. The largest absolute Gasteiger partial charge is 0.495 e. The molecule has 0 aromatic heterocycles. The van der Waals surface area contributed by atoms with Crippen LogP contribution >= 0.6 is 0 Å². The molecule has 1 rings (SSSR count). The van der Waals surface area contributed by atoms with Gasteiger partial charge in [0.25, 0.3) is 0 Å². The van der Waals surface area contributed by atoms with Crippen molar-refractivity contribution in [2.24, 2.45) is 0 Å². The van der Waals surface area contributed by atoms with Crippen LogP contribution < -0.4 is 15.0 Å². The number of anilines is 1. The Bertz CT molecular complexity index is 350. The van der Waals surface area contributed by atoms with Crippen molar-refractivity contribution in [1.29, 1.82) is 0 Å². The summed E-state index contributed by atoms with van der Waals surface area (Å²) in [4.78, 5) is 2.06. The number of ether oxygens (including phenoxy) is 1. The number of benzene rings is 1. The molecular weight excluding hydrogens is 212 g/mol. The van der Waals surface area contributed by atoms with Gasteiger partial charge in [-0.3, -0.25) is 0 Å². The van der Waals surface area contributed by atoms with Crippen LogP contribution in [0.3, 0.4) is 0 Å². The van der Waals surface area contributed by atoms with E-state index in [0.717, 1.165) is 24.4 Å². The maximum absolute atomic E-state index is 5.41. The summed E-state index contributed by atoms with van der Waals surface area (Å²) in [7, 11) is 5.76. The zero-order valence-corrected chi connectivity index (χ0v) is 11.6. The minimum absolute atomic E-state index is 0.550. The van der Waals surface area contributed by atoms with E-state index in [4.69, 9.17) is 4.74 Å². The van der Waals surface area contributed by atoms with E-state index >= 15 is 0 Å². The first-order chi connectivity index (χ1) is 8.08. The highest BCUT2D eigenvalue weighted by Gasteiger charge is 2.06. The summed E-state index contributed by atoms with van der Waals surface area (Å²) in [6.07, 6.45) is 1.15. The molecule has 0 aliphatic rings. The van der Waals surface area contributed by atoms with E-state index < -0.39 is 0 Å². The molecule has 0 saturated carbocycles. The molecule has 0 fully saturated rings. The lowest BCUT2D eigenvalue weighted by Gasteiger charge is -2.18. The van der Waals surface area contributed by atoms with Gasteiger partial charge in [0.2, 0.25) is 0 Å². The van der Waals surface area contributed by atoms with Gasteiger partial charge in [0.15, 0.2) is 0 Å². The molecule has 96 valence electrons. The molecule has 0 saturated heterocycles. The molecule has 0 aliphatic heterocycles. The average Bonchev–Trinajstić information content (AvgIpc) is 2.35. The van der Waals surface area contributed by atoms with Crippen molar-refractivity contribution in [1.82, 2.24) is 5.32 Å². The van der Waals surface area contributed by atoms with Gasteiger partial charge < -0.3 is 15.0 Å². The van der Waals surface area contributed by atoms with Crippen molar-refractivity contribution < 1.29 is 4.74 Å². The van der Waals surface area contributed by atoms with E-state index in [2.05, 4.69) is 42.3 Å². The van der Waals surface area contributed by atoms with Crippen LogP contribution in [0.15, 0.2) is 18.2 Å². The third kappa shape index (κ3) is 3.93. The second-order valence-electron chi connectivity index (χ2n) is 4.59. The SMILES string of the molecule is CCC(C)NCc1ccc(N(C)C)c(OC)c1. The van der Waals surface area contributed by atoms with E-state index in [0.29, 0.717) is 6.04 Å². The Morgan fingerprint density at radius 1 is 1.35 bits per heavy atom. The predicted octanol–water partition coefficient (Wildman–Crippen LogP) is 2.65. The first-order valence-corrected chi connectivity index (χ1v) is 6.16. The van der Waals surface area contributed by atoms with Gasteiger partial charge in [-0.2, -0.15) is 0 Å². The summed E-state index contributed by atoms with van der Waals surface area (Å²) in [6, 6.07) is 6.90. The van der Waals surface area contributed by atoms with Crippen molar-refractivity contribution in [3.63, 3.8) is 0 Å². The molecule has 1 atom stereocenters. The number of nitrogens with zero attached hydrogens (tertiary/aromatic N) is 1. The average molecular weight is 236 g/mol. The van der Waals surface area contributed by atoms with E-state index in [1.165, 1.54) is 5.56 Å². The maximum Gasteiger partial charge on any atom is 0.142 e. The van der Waals surface area contributed by atoms with Crippen LogP contribution in [-0.2, 0) is 6.54 Å². The van der Waals surface area contributed by atoms with Crippen LogP contribution in [0.1, 0.15) is 25.8 Å². The third-order valence-electron chi connectivity index (χ3n) is 2.99. The standard InChI is InChI=1S/C14H24N2O/c1-6-11(2)15-10-12-7-8-13(16(3)4)14(9-12)17-5/h7-9,11,15H,6,10H2,1-5H3. The van der Waals surface area contributed by atoms with E-state index in [1.54, 1.807) is 7.11 Å². The van der Waals surface area contributed by atoms with Crippen LogP contribution in [0, 0.1) is 0 Å². The zero-order valence-electron chi connectivity index (χ0n) is 11.6. The lowest BCUT2D eigenvalue weighted by atomic mass is 10.1. The topological polar surface area (TPSA) is 24.5 Å². The van der Waals surface area contributed by atoms with Crippen LogP contribution in [0.25, 0.3) is 0 Å². The first-order valence-electron chi connectivity index (χ1n) is 6.16. The molecule has 3 heteroatoms. The van der Waals surface area contributed by atoms with E-state index in [-0.39, 0.29) is 0 Å². The van der Waals surface area contributed by atoms with Gasteiger partial charge in [0.05, 0.1) is 12.8 Å². The Morgan fingerprint density at radius 3 is 2.59 bits per heavy atom. The highest BCUT2D eigenvalue weighted by molar-refractivity contribution is 5.58. The van der Waals surface area contributed by atoms with Gasteiger partial charge >= 0.3 is 0 Å². The summed E-state index contributed by atoms with van der Waals surface area (Å²) >= 11 is 0. The Balaban J connectivity index is 2.75. The monoisotopic (exact) mass is 236 g/mol. The van der Waals surface area contributed by atoms with Gasteiger partial charge in [-0.1, -0.05) is 13.0 Å². The lowest BCUT2D eigenvalue weighted by Crippen LogP contribution is -2.24. The van der Waals surface area contributed by atoms with Gasteiger partial charge in [0.1, 0.15) is 5.75 Å². The molecular formula is C14H24N2O. The number of hydrogen-bond acceptors (Lipinski definition) is 3. The molecule has 0 spiro atoms. The van der Waals surface area contributed by atoms with Crippen molar-refractivity contribution in [2.75, 3.05) is 26.1 Å². The van der Waals surface area contributed by atoms with Crippen LogP contribution in [0.4, 0.5) is 5.69 Å². The molecule has 17 heavy (non-hydrogen) atoms. The number of hydrogen-bond donors (Lipinski definition) is 1. The molecule has 1 aromatic carbocycles. The molecule has 0 amide bonds. The number of methoxy groups -OCH3 is 1. The minimum Gasteiger partial charge on any atom is -0.495 e. The van der Waals surface area contributed by atoms with Gasteiger partial charge in [-0.05, 0) is 31.0 Å². The summed E-state index contributed by atoms with van der Waals surface area (Å²) in [6.45, 7) is 5.28. The van der Waals surface area contributed by atoms with Crippen molar-refractivity contribution in [3.8, 4) is 5.75 Å². The van der Waals surface area contributed by atoms with Gasteiger partial charge in [-0.25, -0.2) is 0 Å².